The lowest BCUT2D eigenvalue weighted by molar-refractivity contribution is 0.994. The summed E-state index contributed by atoms with van der Waals surface area (Å²) in [6.07, 6.45) is 4.12. The van der Waals surface area contributed by atoms with Crippen molar-refractivity contribution in [2.45, 2.75) is 39.5 Å². The van der Waals surface area contributed by atoms with Crippen LogP contribution in [0.15, 0.2) is 0 Å². The largest absolute Gasteiger partial charge is 0.310 e. The van der Waals surface area contributed by atoms with E-state index in [0.717, 1.165) is 48.6 Å². The van der Waals surface area contributed by atoms with Crippen molar-refractivity contribution in [2.24, 2.45) is 0 Å². The fourth-order valence-electron chi connectivity index (χ4n) is 0.910. The van der Waals surface area contributed by atoms with Gasteiger partial charge in [0.15, 0.2) is 0 Å². The molecule has 0 amide bonds. The molecule has 0 radical (unpaired) electrons. The molecule has 0 rings (SSSR count). The molecule has 0 aliphatic heterocycles. The lowest BCUT2D eigenvalue weighted by Crippen LogP contribution is -1.90. The third-order valence-corrected chi connectivity index (χ3v) is 4.22. The number of hydrogen-bond acceptors (Lipinski definition) is 4. The molecule has 4 heteroatoms. The molecule has 0 atom stereocenters. The normalized spacial score (nSPS) is 10.1. The van der Waals surface area contributed by atoms with Gasteiger partial charge in [0.05, 0.1) is 0 Å². The molecule has 0 aliphatic rings. The molecule has 0 saturated heterocycles. The van der Waals surface area contributed by atoms with Crippen LogP contribution in [0.2, 0.25) is 0 Å². The van der Waals surface area contributed by atoms with Crippen LogP contribution in [0, 0.1) is 10.8 Å². The molecular formula is C10H20N2S2. The lowest BCUT2D eigenvalue weighted by Gasteiger charge is -2.00. The van der Waals surface area contributed by atoms with Gasteiger partial charge in [-0.05, 0) is 39.5 Å². The van der Waals surface area contributed by atoms with Crippen molar-refractivity contribution < 1.29 is 0 Å². The van der Waals surface area contributed by atoms with E-state index in [-0.39, 0.29) is 0 Å². The van der Waals surface area contributed by atoms with E-state index in [9.17, 15) is 0 Å². The van der Waals surface area contributed by atoms with Crippen molar-refractivity contribution in [3.63, 3.8) is 0 Å². The molecule has 0 bridgehead atoms. The zero-order valence-corrected chi connectivity index (χ0v) is 10.7. The van der Waals surface area contributed by atoms with Crippen molar-refractivity contribution in [3.8, 4) is 0 Å². The van der Waals surface area contributed by atoms with Crippen molar-refractivity contribution >= 4 is 33.0 Å². The van der Waals surface area contributed by atoms with Crippen molar-refractivity contribution in [1.29, 1.82) is 10.8 Å². The molecule has 0 spiro atoms. The topological polar surface area (TPSA) is 47.7 Å². The second kappa shape index (κ2) is 9.59. The van der Waals surface area contributed by atoms with Gasteiger partial charge in [-0.15, -0.1) is 0 Å². The predicted octanol–water partition coefficient (Wildman–Crippen LogP) is 4.01. The highest BCUT2D eigenvalue weighted by Gasteiger charge is 1.94. The molecule has 0 heterocycles. The van der Waals surface area contributed by atoms with Gasteiger partial charge in [-0.3, -0.25) is 0 Å². The first-order chi connectivity index (χ1) is 6.63. The molecule has 0 aromatic heterocycles. The molecule has 2 N–H and O–H groups in total. The van der Waals surface area contributed by atoms with Crippen molar-refractivity contribution in [1.82, 2.24) is 0 Å². The van der Waals surface area contributed by atoms with Crippen LogP contribution < -0.4 is 0 Å². The van der Waals surface area contributed by atoms with Gasteiger partial charge in [0.2, 0.25) is 0 Å². The van der Waals surface area contributed by atoms with Gasteiger partial charge in [-0.2, -0.15) is 0 Å². The summed E-state index contributed by atoms with van der Waals surface area (Å²) in [5.74, 6) is 2.29. The van der Waals surface area contributed by atoms with Crippen LogP contribution in [-0.2, 0) is 0 Å². The summed E-state index contributed by atoms with van der Waals surface area (Å²) in [7, 11) is 3.79. The molecule has 14 heavy (non-hydrogen) atoms. The highest BCUT2D eigenvalue weighted by Crippen LogP contribution is 2.23. The fraction of sp³-hybridized carbons (Fsp3) is 0.800. The van der Waals surface area contributed by atoms with Crippen LogP contribution in [-0.4, -0.2) is 22.9 Å². The molecular weight excluding hydrogens is 212 g/mol. The quantitative estimate of drug-likeness (QED) is 0.358. The van der Waals surface area contributed by atoms with Crippen molar-refractivity contribution in [3.05, 3.63) is 0 Å². The van der Waals surface area contributed by atoms with Crippen LogP contribution >= 0.6 is 21.6 Å². The maximum Gasteiger partial charge on any atom is 0.00585 e. The minimum Gasteiger partial charge on any atom is -0.310 e. The monoisotopic (exact) mass is 232 g/mol. The Hall–Kier alpha value is 0.0400. The fourth-order valence-corrected chi connectivity index (χ4v) is 3.08. The molecule has 0 unspecified atom stereocenters. The van der Waals surface area contributed by atoms with Gasteiger partial charge in [-0.25, -0.2) is 0 Å². The molecule has 0 aliphatic carbocycles. The van der Waals surface area contributed by atoms with Crippen molar-refractivity contribution in [2.75, 3.05) is 11.5 Å². The maximum atomic E-state index is 7.25. The first kappa shape index (κ1) is 14.0. The molecule has 82 valence electrons. The Morgan fingerprint density at radius 3 is 1.50 bits per heavy atom. The summed E-state index contributed by atoms with van der Waals surface area (Å²) in [5.41, 5.74) is 1.57. The van der Waals surface area contributed by atoms with E-state index < -0.39 is 0 Å². The minimum absolute atomic E-state index is 0.787. The SMILES string of the molecule is CC(=N)CCCSSCCCC(C)=N. The highest BCUT2D eigenvalue weighted by molar-refractivity contribution is 8.76. The van der Waals surface area contributed by atoms with Gasteiger partial charge in [0.1, 0.15) is 0 Å². The first-order valence-corrected chi connectivity index (χ1v) is 7.44. The Kier molecular flexibility index (Phi) is 9.62. The Morgan fingerprint density at radius 2 is 1.21 bits per heavy atom. The molecule has 0 aromatic carbocycles. The molecule has 2 nitrogen and oxygen atoms in total. The summed E-state index contributed by atoms with van der Waals surface area (Å²) in [6, 6.07) is 0. The Morgan fingerprint density at radius 1 is 0.857 bits per heavy atom. The van der Waals surface area contributed by atoms with E-state index in [1.807, 2.05) is 35.4 Å². The summed E-state index contributed by atoms with van der Waals surface area (Å²) in [5, 5.41) is 14.5. The van der Waals surface area contributed by atoms with E-state index in [4.69, 9.17) is 10.8 Å². The third kappa shape index (κ3) is 12.0. The predicted molar refractivity (Wildman–Crippen MR) is 70.2 cm³/mol. The van der Waals surface area contributed by atoms with E-state index in [1.165, 1.54) is 0 Å². The number of rotatable bonds is 9. The van der Waals surface area contributed by atoms with Crippen LogP contribution in [0.25, 0.3) is 0 Å². The van der Waals surface area contributed by atoms with E-state index in [2.05, 4.69) is 0 Å². The second-order valence-corrected chi connectivity index (χ2v) is 6.11. The van der Waals surface area contributed by atoms with E-state index in [0.29, 0.717) is 0 Å². The molecule has 0 fully saturated rings. The minimum atomic E-state index is 0.787. The Balaban J connectivity index is 2.99. The summed E-state index contributed by atoms with van der Waals surface area (Å²) >= 11 is 0. The second-order valence-electron chi connectivity index (χ2n) is 3.41. The smallest absolute Gasteiger partial charge is 0.00585 e. The Labute approximate surface area is 95.0 Å². The number of nitrogens with one attached hydrogen (secondary N) is 2. The molecule has 0 aromatic rings. The number of hydrogen-bond donors (Lipinski definition) is 2. The first-order valence-electron chi connectivity index (χ1n) is 4.95. The Bertz CT molecular complexity index is 161. The average molecular weight is 232 g/mol. The lowest BCUT2D eigenvalue weighted by atomic mass is 10.2. The van der Waals surface area contributed by atoms with E-state index in [1.54, 1.807) is 0 Å². The summed E-state index contributed by atoms with van der Waals surface area (Å²) < 4.78 is 0. The third-order valence-electron chi connectivity index (χ3n) is 1.64. The van der Waals surface area contributed by atoms with Crippen LogP contribution in [0.4, 0.5) is 0 Å². The van der Waals surface area contributed by atoms with Crippen LogP contribution in [0.1, 0.15) is 39.5 Å². The van der Waals surface area contributed by atoms with Crippen LogP contribution in [0.3, 0.4) is 0 Å². The zero-order chi connectivity index (χ0) is 10.8. The maximum absolute atomic E-state index is 7.25. The highest BCUT2D eigenvalue weighted by atomic mass is 33.1. The zero-order valence-electron chi connectivity index (χ0n) is 9.06. The van der Waals surface area contributed by atoms with Gasteiger partial charge in [0.25, 0.3) is 0 Å². The average Bonchev–Trinajstić information content (AvgIpc) is 2.08. The van der Waals surface area contributed by atoms with E-state index >= 15 is 0 Å². The van der Waals surface area contributed by atoms with Crippen LogP contribution in [0.5, 0.6) is 0 Å². The molecule has 0 saturated carbocycles. The van der Waals surface area contributed by atoms with Gasteiger partial charge in [0, 0.05) is 22.9 Å². The van der Waals surface area contributed by atoms with Gasteiger partial charge >= 0.3 is 0 Å². The van der Waals surface area contributed by atoms with Gasteiger partial charge < -0.3 is 10.8 Å². The summed E-state index contributed by atoms with van der Waals surface area (Å²) in [4.78, 5) is 0. The van der Waals surface area contributed by atoms with Gasteiger partial charge in [-0.1, -0.05) is 21.6 Å². The standard InChI is InChI=1S/C10H20N2S2/c1-9(11)5-3-7-13-14-8-4-6-10(2)12/h11-12H,3-8H2,1-2H3. The summed E-state index contributed by atoms with van der Waals surface area (Å²) in [6.45, 7) is 3.73.